The lowest BCUT2D eigenvalue weighted by atomic mass is 10.0. The number of aryl methyl sites for hydroxylation is 1. The smallest absolute Gasteiger partial charge is 0.129 e. The van der Waals surface area contributed by atoms with Crippen LogP contribution in [0.25, 0.3) is 0 Å². The zero-order valence-corrected chi connectivity index (χ0v) is 12.9. The van der Waals surface area contributed by atoms with E-state index in [9.17, 15) is 4.39 Å². The molecule has 1 unspecified atom stereocenters. The van der Waals surface area contributed by atoms with Gasteiger partial charge in [-0.15, -0.1) is 11.3 Å². The number of hydrogen-bond acceptors (Lipinski definition) is 3. The highest BCUT2D eigenvalue weighted by atomic mass is 32.1. The van der Waals surface area contributed by atoms with Crippen LogP contribution in [0.2, 0.25) is 0 Å². The first-order valence-electron chi connectivity index (χ1n) is 6.77. The van der Waals surface area contributed by atoms with Crippen LogP contribution in [-0.4, -0.2) is 13.7 Å². The van der Waals surface area contributed by atoms with E-state index in [1.165, 1.54) is 0 Å². The van der Waals surface area contributed by atoms with Crippen LogP contribution < -0.4 is 10.1 Å². The van der Waals surface area contributed by atoms with Gasteiger partial charge in [-0.2, -0.15) is 0 Å². The molecule has 0 saturated carbocycles. The first kappa shape index (κ1) is 15.0. The molecule has 2 nitrogen and oxygen atoms in total. The highest BCUT2D eigenvalue weighted by molar-refractivity contribution is 7.10. The van der Waals surface area contributed by atoms with E-state index in [0.717, 1.165) is 29.2 Å². The fourth-order valence-electron chi connectivity index (χ4n) is 2.05. The van der Waals surface area contributed by atoms with Crippen molar-refractivity contribution in [1.29, 1.82) is 0 Å². The lowest BCUT2D eigenvalue weighted by molar-refractivity contribution is 0.416. The van der Waals surface area contributed by atoms with Gasteiger partial charge in [0.25, 0.3) is 0 Å². The number of rotatable bonds is 6. The van der Waals surface area contributed by atoms with Crippen LogP contribution in [0.3, 0.4) is 0 Å². The maximum atomic E-state index is 13.8. The third-order valence-electron chi connectivity index (χ3n) is 3.24. The Morgan fingerprint density at radius 2 is 2.15 bits per heavy atom. The summed E-state index contributed by atoms with van der Waals surface area (Å²) >= 11 is 1.63. The summed E-state index contributed by atoms with van der Waals surface area (Å²) in [6, 6.07) is 7.46. The Balaban J connectivity index is 2.32. The zero-order valence-electron chi connectivity index (χ0n) is 12.1. The molecule has 2 aromatic rings. The molecule has 0 bridgehead atoms. The van der Waals surface area contributed by atoms with E-state index in [1.54, 1.807) is 31.4 Å². The van der Waals surface area contributed by atoms with Gasteiger partial charge in [-0.25, -0.2) is 4.39 Å². The van der Waals surface area contributed by atoms with Gasteiger partial charge < -0.3 is 10.1 Å². The van der Waals surface area contributed by atoms with Gasteiger partial charge in [-0.1, -0.05) is 19.1 Å². The number of halogens is 1. The van der Waals surface area contributed by atoms with Crippen molar-refractivity contribution in [3.63, 3.8) is 0 Å². The molecule has 0 aliphatic rings. The summed E-state index contributed by atoms with van der Waals surface area (Å²) in [5, 5.41) is 5.45. The molecule has 0 radical (unpaired) electrons. The molecule has 0 aliphatic carbocycles. The van der Waals surface area contributed by atoms with Gasteiger partial charge in [-0.05, 0) is 43.1 Å². The van der Waals surface area contributed by atoms with Gasteiger partial charge in [-0.3, -0.25) is 0 Å². The Labute approximate surface area is 123 Å². The highest BCUT2D eigenvalue weighted by Crippen LogP contribution is 2.31. The number of benzene rings is 1. The first-order chi connectivity index (χ1) is 9.65. The van der Waals surface area contributed by atoms with Crippen molar-refractivity contribution in [3.05, 3.63) is 51.5 Å². The van der Waals surface area contributed by atoms with Crippen LogP contribution in [-0.2, 0) is 0 Å². The lowest BCUT2D eigenvalue weighted by Crippen LogP contribution is -2.22. The van der Waals surface area contributed by atoms with Crippen molar-refractivity contribution in [3.8, 4) is 5.75 Å². The van der Waals surface area contributed by atoms with Crippen molar-refractivity contribution in [2.45, 2.75) is 26.3 Å². The SMILES string of the molecule is CCCNC(c1ccc(C)c(F)c1)c1cc(OC)cs1. The van der Waals surface area contributed by atoms with E-state index in [2.05, 4.69) is 12.2 Å². The highest BCUT2D eigenvalue weighted by Gasteiger charge is 2.17. The number of nitrogens with one attached hydrogen (secondary N) is 1. The van der Waals surface area contributed by atoms with Gasteiger partial charge in [0.15, 0.2) is 0 Å². The largest absolute Gasteiger partial charge is 0.496 e. The predicted molar refractivity (Wildman–Crippen MR) is 82.1 cm³/mol. The van der Waals surface area contributed by atoms with Crippen LogP contribution in [0.5, 0.6) is 5.75 Å². The molecule has 108 valence electrons. The molecule has 4 heteroatoms. The summed E-state index contributed by atoms with van der Waals surface area (Å²) in [6.45, 7) is 4.79. The van der Waals surface area contributed by atoms with Crippen LogP contribution in [0.1, 0.15) is 35.4 Å². The summed E-state index contributed by atoms with van der Waals surface area (Å²) in [7, 11) is 1.66. The van der Waals surface area contributed by atoms with Gasteiger partial charge in [0, 0.05) is 10.3 Å². The van der Waals surface area contributed by atoms with Crippen molar-refractivity contribution in [2.24, 2.45) is 0 Å². The van der Waals surface area contributed by atoms with Crippen LogP contribution in [0.4, 0.5) is 4.39 Å². The Morgan fingerprint density at radius 3 is 2.75 bits per heavy atom. The van der Waals surface area contributed by atoms with Crippen molar-refractivity contribution in [2.75, 3.05) is 13.7 Å². The number of methoxy groups -OCH3 is 1. The maximum absolute atomic E-state index is 13.8. The summed E-state index contributed by atoms with van der Waals surface area (Å²) in [5.74, 6) is 0.690. The minimum atomic E-state index is -0.158. The third kappa shape index (κ3) is 3.38. The van der Waals surface area contributed by atoms with E-state index in [4.69, 9.17) is 4.74 Å². The number of ether oxygens (including phenoxy) is 1. The van der Waals surface area contributed by atoms with Crippen LogP contribution in [0.15, 0.2) is 29.6 Å². The Morgan fingerprint density at radius 1 is 1.35 bits per heavy atom. The summed E-state index contributed by atoms with van der Waals surface area (Å²) in [6.07, 6.45) is 1.04. The van der Waals surface area contributed by atoms with Crippen molar-refractivity contribution in [1.82, 2.24) is 5.32 Å². The third-order valence-corrected chi connectivity index (χ3v) is 4.22. The molecule has 1 heterocycles. The number of hydrogen-bond donors (Lipinski definition) is 1. The van der Waals surface area contributed by atoms with Gasteiger partial charge in [0.05, 0.1) is 13.2 Å². The molecule has 0 spiro atoms. The lowest BCUT2D eigenvalue weighted by Gasteiger charge is -2.18. The normalized spacial score (nSPS) is 12.4. The van der Waals surface area contributed by atoms with E-state index >= 15 is 0 Å². The Hall–Kier alpha value is -1.39. The second-order valence-corrected chi connectivity index (χ2v) is 5.73. The van der Waals surface area contributed by atoms with E-state index in [1.807, 2.05) is 23.6 Å². The molecular formula is C16H20FNOS. The summed E-state index contributed by atoms with van der Waals surface area (Å²) in [4.78, 5) is 1.14. The van der Waals surface area contributed by atoms with Crippen molar-refractivity contribution >= 4 is 11.3 Å². The molecule has 1 aromatic heterocycles. The standard InChI is InChI=1S/C16H20FNOS/c1-4-7-18-16(15-9-13(19-3)10-20-15)12-6-5-11(2)14(17)8-12/h5-6,8-10,16,18H,4,7H2,1-3H3. The second-order valence-electron chi connectivity index (χ2n) is 4.78. The molecule has 0 aliphatic heterocycles. The molecule has 1 N–H and O–H groups in total. The fraction of sp³-hybridized carbons (Fsp3) is 0.375. The van der Waals surface area contributed by atoms with Crippen molar-refractivity contribution < 1.29 is 9.13 Å². The van der Waals surface area contributed by atoms with Gasteiger partial charge in [0.1, 0.15) is 11.6 Å². The van der Waals surface area contributed by atoms with Crippen LogP contribution >= 0.6 is 11.3 Å². The molecule has 0 fully saturated rings. The zero-order chi connectivity index (χ0) is 14.5. The molecule has 1 atom stereocenters. The Bertz CT molecular complexity index is 567. The van der Waals surface area contributed by atoms with E-state index < -0.39 is 0 Å². The summed E-state index contributed by atoms with van der Waals surface area (Å²) < 4.78 is 19.0. The summed E-state index contributed by atoms with van der Waals surface area (Å²) in [5.41, 5.74) is 1.62. The molecule has 2 rings (SSSR count). The molecule has 0 amide bonds. The minimum Gasteiger partial charge on any atom is -0.496 e. The van der Waals surface area contributed by atoms with Crippen LogP contribution in [0, 0.1) is 12.7 Å². The van der Waals surface area contributed by atoms with E-state index in [0.29, 0.717) is 5.56 Å². The Kier molecular flexibility index (Phi) is 5.15. The van der Waals surface area contributed by atoms with E-state index in [-0.39, 0.29) is 11.9 Å². The van der Waals surface area contributed by atoms with Gasteiger partial charge >= 0.3 is 0 Å². The monoisotopic (exact) mass is 293 g/mol. The molecule has 1 aromatic carbocycles. The molecular weight excluding hydrogens is 273 g/mol. The topological polar surface area (TPSA) is 21.3 Å². The first-order valence-corrected chi connectivity index (χ1v) is 7.65. The maximum Gasteiger partial charge on any atom is 0.129 e. The molecule has 20 heavy (non-hydrogen) atoms. The van der Waals surface area contributed by atoms with Gasteiger partial charge in [0.2, 0.25) is 0 Å². The average Bonchev–Trinajstić information content (AvgIpc) is 2.92. The second kappa shape index (κ2) is 6.86. The quantitative estimate of drug-likeness (QED) is 0.857. The number of thiophene rings is 1. The minimum absolute atomic E-state index is 0.0129. The molecule has 0 saturated heterocycles. The fourth-order valence-corrected chi connectivity index (χ4v) is 3.01. The average molecular weight is 293 g/mol. The predicted octanol–water partition coefficient (Wildman–Crippen LogP) is 4.29.